The molecule has 1 aromatic carbocycles. The van der Waals surface area contributed by atoms with E-state index in [1.807, 2.05) is 43.5 Å². The first-order valence-electron chi connectivity index (χ1n) is 4.48. The van der Waals surface area contributed by atoms with E-state index < -0.39 is 0 Å². The molecule has 0 heterocycles. The Morgan fingerprint density at radius 2 is 2.00 bits per heavy atom. The third-order valence-electron chi connectivity index (χ3n) is 1.79. The van der Waals surface area contributed by atoms with Crippen molar-refractivity contribution in [1.29, 1.82) is 0 Å². The van der Waals surface area contributed by atoms with E-state index in [0.29, 0.717) is 0 Å². The Hall–Kier alpha value is -1.77. The molecule has 0 aliphatic carbocycles. The van der Waals surface area contributed by atoms with E-state index in [9.17, 15) is 0 Å². The molecule has 0 atom stereocenters. The molecule has 0 saturated heterocycles. The van der Waals surface area contributed by atoms with Crippen LogP contribution in [0.15, 0.2) is 41.5 Å². The van der Waals surface area contributed by atoms with Crippen LogP contribution in [0.4, 0.5) is 5.69 Å². The van der Waals surface area contributed by atoms with Gasteiger partial charge in [0.1, 0.15) is 5.84 Å². The zero-order valence-corrected chi connectivity index (χ0v) is 8.49. The van der Waals surface area contributed by atoms with Crippen LogP contribution in [-0.4, -0.2) is 12.9 Å². The minimum Gasteiger partial charge on any atom is -0.399 e. The number of aliphatic imine (C=N–C) groups is 1. The Labute approximate surface area is 84.4 Å². The first kappa shape index (κ1) is 10.3. The highest BCUT2D eigenvalue weighted by atomic mass is 15.0. The summed E-state index contributed by atoms with van der Waals surface area (Å²) in [5.74, 6) is 0.836. The van der Waals surface area contributed by atoms with Crippen molar-refractivity contribution in [3.8, 4) is 0 Å². The van der Waals surface area contributed by atoms with Gasteiger partial charge in [0.25, 0.3) is 0 Å². The van der Waals surface area contributed by atoms with Gasteiger partial charge in [0.05, 0.1) is 0 Å². The van der Waals surface area contributed by atoms with Crippen LogP contribution in [0.1, 0.15) is 12.5 Å². The summed E-state index contributed by atoms with van der Waals surface area (Å²) in [4.78, 5) is 4.14. The predicted octanol–water partition coefficient (Wildman–Crippen LogP) is 1.77. The third kappa shape index (κ3) is 2.62. The monoisotopic (exact) mass is 189 g/mol. The fourth-order valence-corrected chi connectivity index (χ4v) is 1.08. The second-order valence-corrected chi connectivity index (χ2v) is 2.84. The Morgan fingerprint density at radius 1 is 1.36 bits per heavy atom. The summed E-state index contributed by atoms with van der Waals surface area (Å²) in [5, 5.41) is 3.08. The lowest BCUT2D eigenvalue weighted by Gasteiger charge is -2.05. The van der Waals surface area contributed by atoms with Gasteiger partial charge in [-0.3, -0.25) is 4.99 Å². The molecule has 1 rings (SSSR count). The molecule has 0 spiro atoms. The number of nitrogens with zero attached hydrogens (tertiary/aromatic N) is 1. The number of anilines is 1. The van der Waals surface area contributed by atoms with Crippen molar-refractivity contribution in [3.05, 3.63) is 42.1 Å². The van der Waals surface area contributed by atoms with Crippen molar-refractivity contribution in [2.45, 2.75) is 6.92 Å². The number of benzene rings is 1. The molecule has 0 aromatic heterocycles. The van der Waals surface area contributed by atoms with Crippen LogP contribution in [0, 0.1) is 0 Å². The summed E-state index contributed by atoms with van der Waals surface area (Å²) in [7, 11) is 1.75. The quantitative estimate of drug-likeness (QED) is 0.423. The van der Waals surface area contributed by atoms with Gasteiger partial charge in [0.2, 0.25) is 0 Å². The van der Waals surface area contributed by atoms with Crippen molar-refractivity contribution in [1.82, 2.24) is 5.32 Å². The molecule has 0 fully saturated rings. The minimum atomic E-state index is 0.759. The van der Waals surface area contributed by atoms with E-state index in [1.54, 1.807) is 7.05 Å². The molecule has 0 radical (unpaired) electrons. The van der Waals surface area contributed by atoms with Crippen molar-refractivity contribution in [2.24, 2.45) is 4.99 Å². The van der Waals surface area contributed by atoms with Crippen molar-refractivity contribution >= 4 is 11.5 Å². The number of nitrogens with two attached hydrogens (primary N) is 1. The van der Waals surface area contributed by atoms with Gasteiger partial charge in [-0.1, -0.05) is 6.08 Å². The van der Waals surface area contributed by atoms with E-state index in [1.165, 1.54) is 0 Å². The largest absolute Gasteiger partial charge is 0.399 e. The van der Waals surface area contributed by atoms with E-state index in [4.69, 9.17) is 5.73 Å². The lowest BCUT2D eigenvalue weighted by molar-refractivity contribution is 1.22. The first-order chi connectivity index (χ1) is 6.77. The van der Waals surface area contributed by atoms with Gasteiger partial charge in [-0.25, -0.2) is 0 Å². The molecule has 1 aromatic rings. The molecule has 3 N–H and O–H groups in total. The van der Waals surface area contributed by atoms with Crippen LogP contribution in [0.5, 0.6) is 0 Å². The number of rotatable bonds is 2. The Kier molecular flexibility index (Phi) is 3.73. The molecule has 0 aliphatic rings. The van der Waals surface area contributed by atoms with Gasteiger partial charge in [0.15, 0.2) is 0 Å². The molecule has 0 bridgehead atoms. The summed E-state index contributed by atoms with van der Waals surface area (Å²) in [6.45, 7) is 1.95. The summed E-state index contributed by atoms with van der Waals surface area (Å²) in [6.07, 6.45) is 3.77. The zero-order valence-electron chi connectivity index (χ0n) is 8.49. The number of amidine groups is 1. The Morgan fingerprint density at radius 3 is 2.50 bits per heavy atom. The maximum absolute atomic E-state index is 5.59. The van der Waals surface area contributed by atoms with Crippen molar-refractivity contribution < 1.29 is 0 Å². The molecule has 0 aliphatic heterocycles. The van der Waals surface area contributed by atoms with Crippen LogP contribution in [0.25, 0.3) is 0 Å². The average molecular weight is 189 g/mol. The minimum absolute atomic E-state index is 0.759. The number of nitrogen functional groups attached to an aromatic ring is 1. The zero-order chi connectivity index (χ0) is 10.4. The lowest BCUT2D eigenvalue weighted by Crippen LogP contribution is -2.18. The maximum Gasteiger partial charge on any atom is 0.131 e. The standard InChI is InChI=1S/C11H15N3/c1-3-8-14-11(13-2)9-4-6-10(12)7-5-9/h3-8H,12H2,1-2H3,(H,13,14)/b8-3-. The molecular formula is C11H15N3. The maximum atomic E-state index is 5.59. The summed E-state index contributed by atoms with van der Waals surface area (Å²) >= 11 is 0. The molecule has 0 unspecified atom stereocenters. The topological polar surface area (TPSA) is 50.4 Å². The van der Waals surface area contributed by atoms with E-state index in [0.717, 1.165) is 17.1 Å². The Bertz CT molecular complexity index is 336. The number of hydrogen-bond acceptors (Lipinski definition) is 2. The summed E-state index contributed by atoms with van der Waals surface area (Å²) < 4.78 is 0. The molecule has 3 nitrogen and oxygen atoms in total. The summed E-state index contributed by atoms with van der Waals surface area (Å²) in [6, 6.07) is 7.60. The second kappa shape index (κ2) is 5.07. The molecule has 14 heavy (non-hydrogen) atoms. The second-order valence-electron chi connectivity index (χ2n) is 2.84. The van der Waals surface area contributed by atoms with Gasteiger partial charge in [-0.15, -0.1) is 0 Å². The molecule has 0 amide bonds. The fraction of sp³-hybridized carbons (Fsp3) is 0.182. The van der Waals surface area contributed by atoms with Crippen LogP contribution < -0.4 is 11.1 Å². The summed E-state index contributed by atoms with van der Waals surface area (Å²) in [5.41, 5.74) is 7.38. The highest BCUT2D eigenvalue weighted by Crippen LogP contribution is 2.05. The Balaban J connectivity index is 2.85. The van der Waals surface area contributed by atoms with E-state index in [2.05, 4.69) is 10.3 Å². The predicted molar refractivity (Wildman–Crippen MR) is 61.3 cm³/mol. The van der Waals surface area contributed by atoms with Gasteiger partial charge in [-0.05, 0) is 37.4 Å². The van der Waals surface area contributed by atoms with Crippen molar-refractivity contribution in [3.63, 3.8) is 0 Å². The van der Waals surface area contributed by atoms with Crippen LogP contribution in [0.2, 0.25) is 0 Å². The third-order valence-corrected chi connectivity index (χ3v) is 1.79. The molecule has 0 saturated carbocycles. The van der Waals surface area contributed by atoms with Gasteiger partial charge < -0.3 is 11.1 Å². The van der Waals surface area contributed by atoms with Crippen molar-refractivity contribution in [2.75, 3.05) is 12.8 Å². The normalized spacial score (nSPS) is 12.0. The number of nitrogens with one attached hydrogen (secondary N) is 1. The lowest BCUT2D eigenvalue weighted by atomic mass is 10.2. The van der Waals surface area contributed by atoms with Gasteiger partial charge >= 0.3 is 0 Å². The number of hydrogen-bond donors (Lipinski definition) is 2. The van der Waals surface area contributed by atoms with Crippen LogP contribution in [0.3, 0.4) is 0 Å². The molecule has 74 valence electrons. The highest BCUT2D eigenvalue weighted by Gasteiger charge is 1.98. The number of allylic oxidation sites excluding steroid dienone is 1. The van der Waals surface area contributed by atoms with Gasteiger partial charge in [-0.2, -0.15) is 0 Å². The average Bonchev–Trinajstić information content (AvgIpc) is 2.21. The fourth-order valence-electron chi connectivity index (χ4n) is 1.08. The van der Waals surface area contributed by atoms with Crippen LogP contribution >= 0.6 is 0 Å². The van der Waals surface area contributed by atoms with E-state index in [-0.39, 0.29) is 0 Å². The van der Waals surface area contributed by atoms with E-state index >= 15 is 0 Å². The van der Waals surface area contributed by atoms with Gasteiger partial charge in [0, 0.05) is 18.3 Å². The van der Waals surface area contributed by atoms with Crippen LogP contribution in [-0.2, 0) is 0 Å². The smallest absolute Gasteiger partial charge is 0.131 e. The first-order valence-corrected chi connectivity index (χ1v) is 4.48. The molecule has 3 heteroatoms. The molecular weight excluding hydrogens is 174 g/mol. The highest BCUT2D eigenvalue weighted by molar-refractivity contribution is 5.99. The SMILES string of the molecule is C/C=C\NC(=NC)c1ccc(N)cc1.